The maximum atomic E-state index is 11.8. The molecule has 0 aromatic heterocycles. The molecule has 1 aromatic carbocycles. The predicted molar refractivity (Wildman–Crippen MR) is 68.7 cm³/mol. The molecule has 5 nitrogen and oxygen atoms in total. The van der Waals surface area contributed by atoms with Crippen LogP contribution in [0.2, 0.25) is 0 Å². The molecule has 0 unspecified atom stereocenters. The Bertz CT molecular complexity index is 567. The lowest BCUT2D eigenvalue weighted by Crippen LogP contribution is -2.29. The van der Waals surface area contributed by atoms with Crippen molar-refractivity contribution >= 4 is 17.5 Å². The molecule has 0 aliphatic carbocycles. The van der Waals surface area contributed by atoms with Crippen molar-refractivity contribution in [2.45, 2.75) is 12.8 Å². The van der Waals surface area contributed by atoms with Crippen molar-refractivity contribution in [1.29, 1.82) is 0 Å². The van der Waals surface area contributed by atoms with E-state index >= 15 is 0 Å². The van der Waals surface area contributed by atoms with Crippen molar-refractivity contribution in [3.05, 3.63) is 23.8 Å². The fourth-order valence-electron chi connectivity index (χ4n) is 1.93. The van der Waals surface area contributed by atoms with E-state index < -0.39 is 0 Å². The fourth-order valence-corrected chi connectivity index (χ4v) is 1.93. The molecular formula is C14H13NO4. The van der Waals surface area contributed by atoms with Crippen LogP contribution in [0.4, 0.5) is 5.69 Å². The first-order valence-electron chi connectivity index (χ1n) is 5.81. The SMILES string of the molecule is COc1ccc(C#CCO)cc1N1C(=O)CCC1=O. The Balaban J connectivity index is 2.47. The van der Waals surface area contributed by atoms with Gasteiger partial charge >= 0.3 is 0 Å². The summed E-state index contributed by atoms with van der Waals surface area (Å²) in [6.07, 6.45) is 0.434. The summed E-state index contributed by atoms with van der Waals surface area (Å²) in [5, 5.41) is 8.68. The first-order valence-corrected chi connectivity index (χ1v) is 5.81. The van der Waals surface area contributed by atoms with E-state index in [9.17, 15) is 9.59 Å². The number of carbonyl (C=O) groups is 2. The van der Waals surface area contributed by atoms with Crippen LogP contribution in [0.3, 0.4) is 0 Å². The van der Waals surface area contributed by atoms with Crippen LogP contribution < -0.4 is 9.64 Å². The Morgan fingerprint density at radius 2 is 2.00 bits per heavy atom. The fraction of sp³-hybridized carbons (Fsp3) is 0.286. The highest BCUT2D eigenvalue weighted by Crippen LogP contribution is 2.32. The van der Waals surface area contributed by atoms with Gasteiger partial charge in [-0.3, -0.25) is 9.59 Å². The quantitative estimate of drug-likeness (QED) is 0.627. The van der Waals surface area contributed by atoms with Crippen molar-refractivity contribution in [2.75, 3.05) is 18.6 Å². The molecule has 0 radical (unpaired) electrons. The average molecular weight is 259 g/mol. The number of aliphatic hydroxyl groups is 1. The summed E-state index contributed by atoms with van der Waals surface area (Å²) < 4.78 is 5.17. The van der Waals surface area contributed by atoms with Crippen LogP contribution in [0.5, 0.6) is 5.75 Å². The van der Waals surface area contributed by atoms with Crippen LogP contribution in [0.15, 0.2) is 18.2 Å². The zero-order valence-corrected chi connectivity index (χ0v) is 10.5. The van der Waals surface area contributed by atoms with Crippen molar-refractivity contribution in [3.8, 4) is 17.6 Å². The topological polar surface area (TPSA) is 66.8 Å². The van der Waals surface area contributed by atoms with Crippen LogP contribution in [0, 0.1) is 11.8 Å². The summed E-state index contributed by atoms with van der Waals surface area (Å²) in [5.74, 6) is 5.22. The van der Waals surface area contributed by atoms with E-state index in [0.717, 1.165) is 4.90 Å². The minimum absolute atomic E-state index is 0.217. The summed E-state index contributed by atoms with van der Waals surface area (Å²) in [5.41, 5.74) is 1.01. The van der Waals surface area contributed by atoms with Gasteiger partial charge in [-0.2, -0.15) is 0 Å². The highest BCUT2D eigenvalue weighted by molar-refractivity contribution is 6.20. The summed E-state index contributed by atoms with van der Waals surface area (Å²) in [6, 6.07) is 4.97. The molecule has 2 amide bonds. The summed E-state index contributed by atoms with van der Waals surface area (Å²) in [4.78, 5) is 24.6. The van der Waals surface area contributed by atoms with Gasteiger partial charge in [-0.05, 0) is 18.2 Å². The van der Waals surface area contributed by atoms with E-state index in [0.29, 0.717) is 17.0 Å². The molecule has 0 atom stereocenters. The van der Waals surface area contributed by atoms with Gasteiger partial charge in [0.25, 0.3) is 0 Å². The van der Waals surface area contributed by atoms with E-state index in [1.54, 1.807) is 18.2 Å². The molecule has 0 spiro atoms. The molecule has 2 rings (SSSR count). The number of ether oxygens (including phenoxy) is 1. The Labute approximate surface area is 110 Å². The third-order valence-corrected chi connectivity index (χ3v) is 2.78. The molecule has 0 saturated carbocycles. The summed E-state index contributed by atoms with van der Waals surface area (Å²) >= 11 is 0. The number of imide groups is 1. The smallest absolute Gasteiger partial charge is 0.234 e. The van der Waals surface area contributed by atoms with Crippen LogP contribution in [-0.4, -0.2) is 30.6 Å². The van der Waals surface area contributed by atoms with E-state index in [-0.39, 0.29) is 31.3 Å². The number of carbonyl (C=O) groups excluding carboxylic acids is 2. The van der Waals surface area contributed by atoms with Gasteiger partial charge in [-0.1, -0.05) is 11.8 Å². The number of hydrogen-bond donors (Lipinski definition) is 1. The van der Waals surface area contributed by atoms with Gasteiger partial charge in [0.2, 0.25) is 11.8 Å². The standard InChI is InChI=1S/C14H13NO4/c1-19-12-5-4-10(3-2-8-16)9-11(12)15-13(17)6-7-14(15)18/h4-5,9,16H,6-8H2,1H3. The molecule has 98 valence electrons. The van der Waals surface area contributed by atoms with Crippen LogP contribution in [-0.2, 0) is 9.59 Å². The number of anilines is 1. The molecule has 1 saturated heterocycles. The second-order valence-electron chi connectivity index (χ2n) is 3.97. The maximum Gasteiger partial charge on any atom is 0.234 e. The molecule has 1 aliphatic rings. The monoisotopic (exact) mass is 259 g/mol. The van der Waals surface area contributed by atoms with E-state index in [1.807, 2.05) is 0 Å². The van der Waals surface area contributed by atoms with E-state index in [1.165, 1.54) is 7.11 Å². The van der Waals surface area contributed by atoms with Crippen LogP contribution in [0.1, 0.15) is 18.4 Å². The Morgan fingerprint density at radius 3 is 2.58 bits per heavy atom. The van der Waals surface area contributed by atoms with Crippen molar-refractivity contribution in [2.24, 2.45) is 0 Å². The highest BCUT2D eigenvalue weighted by Gasteiger charge is 2.32. The third kappa shape index (κ3) is 2.59. The van der Waals surface area contributed by atoms with Gasteiger partial charge < -0.3 is 9.84 Å². The zero-order valence-electron chi connectivity index (χ0n) is 10.5. The number of nitrogens with zero attached hydrogens (tertiary/aromatic N) is 1. The van der Waals surface area contributed by atoms with Gasteiger partial charge in [0, 0.05) is 18.4 Å². The molecular weight excluding hydrogens is 246 g/mol. The van der Waals surface area contributed by atoms with Crippen molar-refractivity contribution in [1.82, 2.24) is 0 Å². The zero-order chi connectivity index (χ0) is 13.8. The molecule has 1 aromatic rings. The Hall–Kier alpha value is -2.32. The predicted octanol–water partition coefficient (Wildman–Crippen LogP) is 0.692. The van der Waals surface area contributed by atoms with Crippen molar-refractivity contribution < 1.29 is 19.4 Å². The lowest BCUT2D eigenvalue weighted by atomic mass is 10.1. The van der Waals surface area contributed by atoms with Crippen LogP contribution in [0.25, 0.3) is 0 Å². The lowest BCUT2D eigenvalue weighted by molar-refractivity contribution is -0.121. The molecule has 1 heterocycles. The minimum atomic E-state index is -0.247. The highest BCUT2D eigenvalue weighted by atomic mass is 16.5. The van der Waals surface area contributed by atoms with Crippen molar-refractivity contribution in [3.63, 3.8) is 0 Å². The second-order valence-corrected chi connectivity index (χ2v) is 3.97. The van der Waals surface area contributed by atoms with Gasteiger partial charge in [-0.25, -0.2) is 4.90 Å². The molecule has 19 heavy (non-hydrogen) atoms. The summed E-state index contributed by atoms with van der Waals surface area (Å²) in [6.45, 7) is -0.247. The van der Waals surface area contributed by atoms with E-state index in [2.05, 4.69) is 11.8 Å². The van der Waals surface area contributed by atoms with Gasteiger partial charge in [-0.15, -0.1) is 0 Å². The van der Waals surface area contributed by atoms with Gasteiger partial charge in [0.15, 0.2) is 0 Å². The number of hydrogen-bond acceptors (Lipinski definition) is 4. The molecule has 1 fully saturated rings. The number of aliphatic hydroxyl groups excluding tert-OH is 1. The minimum Gasteiger partial charge on any atom is -0.495 e. The maximum absolute atomic E-state index is 11.8. The lowest BCUT2D eigenvalue weighted by Gasteiger charge is -2.17. The summed E-state index contributed by atoms with van der Waals surface area (Å²) in [7, 11) is 1.48. The van der Waals surface area contributed by atoms with E-state index in [4.69, 9.17) is 9.84 Å². The normalized spacial score (nSPS) is 14.3. The molecule has 0 bridgehead atoms. The molecule has 5 heteroatoms. The number of rotatable bonds is 2. The third-order valence-electron chi connectivity index (χ3n) is 2.78. The second kappa shape index (κ2) is 5.55. The largest absolute Gasteiger partial charge is 0.495 e. The number of methoxy groups -OCH3 is 1. The number of benzene rings is 1. The van der Waals surface area contributed by atoms with Gasteiger partial charge in [0.1, 0.15) is 12.4 Å². The Kier molecular flexibility index (Phi) is 3.83. The molecule has 1 N–H and O–H groups in total. The number of amides is 2. The van der Waals surface area contributed by atoms with Crippen LogP contribution >= 0.6 is 0 Å². The average Bonchev–Trinajstić information content (AvgIpc) is 2.75. The first kappa shape index (κ1) is 13.1. The molecule has 1 aliphatic heterocycles. The Morgan fingerprint density at radius 1 is 1.32 bits per heavy atom. The first-order chi connectivity index (χ1) is 9.17. The van der Waals surface area contributed by atoms with Gasteiger partial charge in [0.05, 0.1) is 12.8 Å².